The summed E-state index contributed by atoms with van der Waals surface area (Å²) in [6.07, 6.45) is 2.32. The van der Waals surface area contributed by atoms with Gasteiger partial charge in [-0.15, -0.1) is 0 Å². The quantitative estimate of drug-likeness (QED) is 0.843. The zero-order chi connectivity index (χ0) is 19.2. The first kappa shape index (κ1) is 18.3. The van der Waals surface area contributed by atoms with Gasteiger partial charge in [0.25, 0.3) is 0 Å². The lowest BCUT2D eigenvalue weighted by Crippen LogP contribution is -2.49. The first-order valence-electron chi connectivity index (χ1n) is 9.74. The van der Waals surface area contributed by atoms with Gasteiger partial charge in [0.2, 0.25) is 5.91 Å². The van der Waals surface area contributed by atoms with E-state index in [-0.39, 0.29) is 35.2 Å². The number of rotatable bonds is 2. The van der Waals surface area contributed by atoms with E-state index in [2.05, 4.69) is 31.6 Å². The summed E-state index contributed by atoms with van der Waals surface area (Å²) in [6, 6.07) is 7.68. The maximum atomic E-state index is 12.9. The summed E-state index contributed by atoms with van der Waals surface area (Å²) >= 11 is 0. The fourth-order valence-corrected chi connectivity index (χ4v) is 4.18. The van der Waals surface area contributed by atoms with Crippen LogP contribution in [-0.2, 0) is 4.79 Å². The van der Waals surface area contributed by atoms with Crippen LogP contribution in [0, 0.1) is 5.41 Å². The summed E-state index contributed by atoms with van der Waals surface area (Å²) in [5.41, 5.74) is 8.01. The van der Waals surface area contributed by atoms with Crippen LogP contribution in [-0.4, -0.2) is 40.5 Å². The van der Waals surface area contributed by atoms with Gasteiger partial charge in [-0.1, -0.05) is 32.9 Å². The second-order valence-electron chi connectivity index (χ2n) is 8.76. The molecule has 2 fully saturated rings. The number of carbonyl (C=O) groups excluding carboxylic acids is 1. The number of amides is 1. The van der Waals surface area contributed by atoms with Crippen LogP contribution in [0.2, 0.25) is 0 Å². The maximum Gasteiger partial charge on any atom is 0.420 e. The van der Waals surface area contributed by atoms with Crippen molar-refractivity contribution in [3.63, 3.8) is 0 Å². The second-order valence-corrected chi connectivity index (χ2v) is 8.76. The van der Waals surface area contributed by atoms with E-state index in [0.717, 1.165) is 24.8 Å². The topological polar surface area (TPSA) is 79.5 Å². The van der Waals surface area contributed by atoms with Gasteiger partial charge in [-0.05, 0) is 36.8 Å². The molecule has 146 valence electrons. The normalized spacial score (nSPS) is 24.6. The van der Waals surface area contributed by atoms with Crippen molar-refractivity contribution in [2.45, 2.75) is 58.2 Å². The number of hydrogen-bond acceptors (Lipinski definition) is 5. The third-order valence-electron chi connectivity index (χ3n) is 5.91. The molecule has 0 bridgehead atoms. The van der Waals surface area contributed by atoms with E-state index in [0.29, 0.717) is 18.7 Å². The van der Waals surface area contributed by atoms with Crippen LogP contribution in [0.4, 0.5) is 0 Å². The number of fused-ring (bicyclic) bond motifs is 1. The second kappa shape index (κ2) is 6.80. The first-order chi connectivity index (χ1) is 12.8. The molecule has 4 rings (SSSR count). The van der Waals surface area contributed by atoms with Gasteiger partial charge in [0.05, 0.1) is 5.52 Å². The Morgan fingerprint density at radius 3 is 2.52 bits per heavy atom. The fourth-order valence-electron chi connectivity index (χ4n) is 4.18. The molecule has 0 saturated carbocycles. The van der Waals surface area contributed by atoms with E-state index < -0.39 is 0 Å². The number of nitrogens with zero attached hydrogens (tertiary/aromatic N) is 2. The molecular weight excluding hydrogens is 344 g/mol. The SMILES string of the molecule is CC(C)(C)C1CC(C(=O)N2CCC(n3c(=O)oc4ccccc43)CC2)NN1. The average molecular weight is 372 g/mol. The van der Waals surface area contributed by atoms with Crippen LogP contribution in [0.5, 0.6) is 0 Å². The fraction of sp³-hybridized carbons (Fsp3) is 0.600. The van der Waals surface area contributed by atoms with E-state index in [1.54, 1.807) is 4.57 Å². The molecule has 2 atom stereocenters. The van der Waals surface area contributed by atoms with Crippen LogP contribution in [0.3, 0.4) is 0 Å². The number of aromatic nitrogens is 1. The molecule has 7 heteroatoms. The number of likely N-dealkylation sites (tertiary alicyclic amines) is 1. The number of oxazole rings is 1. The summed E-state index contributed by atoms with van der Waals surface area (Å²) < 4.78 is 7.11. The third kappa shape index (κ3) is 3.41. The summed E-state index contributed by atoms with van der Waals surface area (Å²) in [6.45, 7) is 7.86. The van der Waals surface area contributed by atoms with Crippen molar-refractivity contribution >= 4 is 17.0 Å². The minimum atomic E-state index is -0.310. The molecule has 1 aromatic heterocycles. The number of para-hydroxylation sites is 2. The molecule has 2 N–H and O–H groups in total. The highest BCUT2D eigenvalue weighted by Gasteiger charge is 2.38. The van der Waals surface area contributed by atoms with Crippen molar-refractivity contribution in [3.8, 4) is 0 Å². The third-order valence-corrected chi connectivity index (χ3v) is 5.91. The highest BCUT2D eigenvalue weighted by atomic mass is 16.4. The van der Waals surface area contributed by atoms with Gasteiger partial charge in [0.1, 0.15) is 6.04 Å². The molecule has 1 aromatic carbocycles. The highest BCUT2D eigenvalue weighted by molar-refractivity contribution is 5.82. The molecule has 2 aliphatic heterocycles. The molecule has 27 heavy (non-hydrogen) atoms. The average Bonchev–Trinajstić information content (AvgIpc) is 3.25. The maximum absolute atomic E-state index is 12.9. The Morgan fingerprint density at radius 2 is 1.85 bits per heavy atom. The number of hydrogen-bond donors (Lipinski definition) is 2. The lowest BCUT2D eigenvalue weighted by atomic mass is 9.84. The summed E-state index contributed by atoms with van der Waals surface area (Å²) in [4.78, 5) is 27.1. The number of carbonyl (C=O) groups is 1. The molecule has 1 amide bonds. The van der Waals surface area contributed by atoms with E-state index in [1.807, 2.05) is 29.2 Å². The van der Waals surface area contributed by atoms with Crippen molar-refractivity contribution in [2.24, 2.45) is 5.41 Å². The Morgan fingerprint density at radius 1 is 1.15 bits per heavy atom. The van der Waals surface area contributed by atoms with Crippen LogP contribution >= 0.6 is 0 Å². The minimum absolute atomic E-state index is 0.0715. The standard InChI is InChI=1S/C20H28N4O3/c1-20(2,3)17-12-14(21-22-17)18(25)23-10-8-13(9-11-23)24-15-6-4-5-7-16(15)27-19(24)26/h4-7,13-14,17,21-22H,8-12H2,1-3H3. The van der Waals surface area contributed by atoms with Crippen LogP contribution in [0.15, 0.2) is 33.5 Å². The van der Waals surface area contributed by atoms with Crippen LogP contribution in [0.25, 0.3) is 11.1 Å². The zero-order valence-electron chi connectivity index (χ0n) is 16.2. The van der Waals surface area contributed by atoms with Crippen molar-refractivity contribution in [2.75, 3.05) is 13.1 Å². The lowest BCUT2D eigenvalue weighted by Gasteiger charge is -2.33. The van der Waals surface area contributed by atoms with Gasteiger partial charge in [-0.25, -0.2) is 10.2 Å². The monoisotopic (exact) mass is 372 g/mol. The summed E-state index contributed by atoms with van der Waals surface area (Å²) in [7, 11) is 0. The van der Waals surface area contributed by atoms with E-state index in [4.69, 9.17) is 4.42 Å². The number of benzene rings is 1. The Hall–Kier alpha value is -2.12. The summed E-state index contributed by atoms with van der Waals surface area (Å²) in [5, 5.41) is 0. The van der Waals surface area contributed by atoms with Gasteiger partial charge < -0.3 is 9.32 Å². The number of nitrogens with one attached hydrogen (secondary N) is 2. The predicted molar refractivity (Wildman–Crippen MR) is 103 cm³/mol. The van der Waals surface area contributed by atoms with Crippen LogP contribution in [0.1, 0.15) is 46.1 Å². The van der Waals surface area contributed by atoms with E-state index in [1.165, 1.54) is 0 Å². The van der Waals surface area contributed by atoms with E-state index in [9.17, 15) is 9.59 Å². The van der Waals surface area contributed by atoms with Crippen molar-refractivity contribution in [3.05, 3.63) is 34.8 Å². The molecular formula is C20H28N4O3. The largest absolute Gasteiger partial charge is 0.420 e. The Kier molecular flexibility index (Phi) is 4.60. The molecule has 2 saturated heterocycles. The molecule has 2 aliphatic rings. The number of piperidine rings is 1. The molecule has 2 aromatic rings. The highest BCUT2D eigenvalue weighted by Crippen LogP contribution is 2.28. The molecule has 3 heterocycles. The lowest BCUT2D eigenvalue weighted by molar-refractivity contribution is -0.134. The molecule has 0 aliphatic carbocycles. The number of hydrazine groups is 1. The van der Waals surface area contributed by atoms with Gasteiger partial charge in [0.15, 0.2) is 5.58 Å². The Balaban J connectivity index is 1.41. The van der Waals surface area contributed by atoms with Gasteiger partial charge in [0, 0.05) is 25.2 Å². The Bertz CT molecular complexity index is 886. The zero-order valence-corrected chi connectivity index (χ0v) is 16.2. The molecule has 0 spiro atoms. The smallest absolute Gasteiger partial charge is 0.408 e. The molecule has 7 nitrogen and oxygen atoms in total. The molecule has 2 unspecified atom stereocenters. The minimum Gasteiger partial charge on any atom is -0.408 e. The van der Waals surface area contributed by atoms with Crippen molar-refractivity contribution in [1.82, 2.24) is 20.3 Å². The van der Waals surface area contributed by atoms with Gasteiger partial charge in [-0.3, -0.25) is 14.8 Å². The van der Waals surface area contributed by atoms with Gasteiger partial charge in [-0.2, -0.15) is 0 Å². The Labute approximate surface area is 158 Å². The van der Waals surface area contributed by atoms with Crippen molar-refractivity contribution < 1.29 is 9.21 Å². The van der Waals surface area contributed by atoms with Crippen LogP contribution < -0.4 is 16.6 Å². The predicted octanol–water partition coefficient (Wildman–Crippen LogP) is 2.04. The summed E-state index contributed by atoms with van der Waals surface area (Å²) in [5.74, 6) is -0.159. The van der Waals surface area contributed by atoms with Gasteiger partial charge >= 0.3 is 5.76 Å². The van der Waals surface area contributed by atoms with Crippen molar-refractivity contribution in [1.29, 1.82) is 0 Å². The molecule has 0 radical (unpaired) electrons. The van der Waals surface area contributed by atoms with E-state index >= 15 is 0 Å². The first-order valence-corrected chi connectivity index (χ1v) is 9.74.